The van der Waals surface area contributed by atoms with Gasteiger partial charge in [0.05, 0.1) is 4.92 Å². The van der Waals surface area contributed by atoms with Gasteiger partial charge in [-0.2, -0.15) is 0 Å². The van der Waals surface area contributed by atoms with Crippen molar-refractivity contribution in [3.8, 4) is 0 Å². The van der Waals surface area contributed by atoms with Crippen LogP contribution < -0.4 is 16.0 Å². The predicted octanol–water partition coefficient (Wildman–Crippen LogP) is 2.07. The molecule has 0 radical (unpaired) electrons. The summed E-state index contributed by atoms with van der Waals surface area (Å²) in [4.78, 5) is 23.0. The van der Waals surface area contributed by atoms with Crippen LogP contribution in [0, 0.1) is 10.1 Å². The van der Waals surface area contributed by atoms with Gasteiger partial charge in [-0.1, -0.05) is 0 Å². The molecule has 1 atom stereocenters. The SMILES string of the molecule is Cl.O=C(N[C@H]1CCCNC1)c1ccc(NC2CC2)c([N+](=O)[O-])c1. The molecule has 8 heteroatoms. The largest absolute Gasteiger partial charge is 0.377 e. The Morgan fingerprint density at radius 2 is 2.04 bits per heavy atom. The minimum Gasteiger partial charge on any atom is -0.377 e. The zero-order valence-electron chi connectivity index (χ0n) is 12.7. The van der Waals surface area contributed by atoms with E-state index in [9.17, 15) is 14.9 Å². The molecule has 1 aromatic carbocycles. The molecule has 7 nitrogen and oxygen atoms in total. The van der Waals surface area contributed by atoms with Crippen LogP contribution in [-0.2, 0) is 0 Å². The number of nitro benzene ring substituents is 1. The number of piperidine rings is 1. The van der Waals surface area contributed by atoms with Crippen LogP contribution in [0.15, 0.2) is 18.2 Å². The molecule has 1 amide bonds. The van der Waals surface area contributed by atoms with Crippen molar-refractivity contribution in [1.29, 1.82) is 0 Å². The van der Waals surface area contributed by atoms with E-state index in [0.29, 0.717) is 17.3 Å². The summed E-state index contributed by atoms with van der Waals surface area (Å²) in [5.41, 5.74) is 0.781. The first-order valence-corrected chi connectivity index (χ1v) is 7.70. The van der Waals surface area contributed by atoms with Crippen LogP contribution in [0.3, 0.4) is 0 Å². The predicted molar refractivity (Wildman–Crippen MR) is 90.3 cm³/mol. The first-order chi connectivity index (χ1) is 10.6. The molecule has 1 aromatic rings. The zero-order valence-corrected chi connectivity index (χ0v) is 13.5. The first-order valence-electron chi connectivity index (χ1n) is 7.70. The minimum atomic E-state index is -0.441. The average Bonchev–Trinajstić information content (AvgIpc) is 3.32. The number of hydrogen-bond acceptors (Lipinski definition) is 5. The fraction of sp³-hybridized carbons (Fsp3) is 0.533. The van der Waals surface area contributed by atoms with Crippen LogP contribution in [-0.4, -0.2) is 36.0 Å². The summed E-state index contributed by atoms with van der Waals surface area (Å²) in [6, 6.07) is 5.04. The van der Waals surface area contributed by atoms with Crippen molar-refractivity contribution in [2.24, 2.45) is 0 Å². The smallest absolute Gasteiger partial charge is 0.293 e. The number of amides is 1. The van der Waals surface area contributed by atoms with E-state index < -0.39 is 4.92 Å². The summed E-state index contributed by atoms with van der Waals surface area (Å²) in [6.45, 7) is 1.72. The van der Waals surface area contributed by atoms with Crippen LogP contribution in [0.25, 0.3) is 0 Å². The number of rotatable bonds is 5. The molecule has 1 aliphatic carbocycles. The van der Waals surface area contributed by atoms with E-state index in [2.05, 4.69) is 16.0 Å². The molecule has 0 spiro atoms. The maximum atomic E-state index is 12.3. The van der Waals surface area contributed by atoms with Gasteiger partial charge in [0.2, 0.25) is 0 Å². The third-order valence-corrected chi connectivity index (χ3v) is 4.03. The average molecular weight is 341 g/mol. The van der Waals surface area contributed by atoms with E-state index in [-0.39, 0.29) is 30.0 Å². The van der Waals surface area contributed by atoms with Crippen molar-refractivity contribution < 1.29 is 9.72 Å². The number of halogens is 1. The number of nitrogens with one attached hydrogen (secondary N) is 3. The molecule has 1 heterocycles. The fourth-order valence-electron chi connectivity index (χ4n) is 2.64. The van der Waals surface area contributed by atoms with Crippen LogP contribution in [0.5, 0.6) is 0 Å². The molecule has 1 aliphatic heterocycles. The summed E-state index contributed by atoms with van der Waals surface area (Å²) in [7, 11) is 0. The van der Waals surface area contributed by atoms with E-state index >= 15 is 0 Å². The molecule has 2 aliphatic rings. The highest BCUT2D eigenvalue weighted by molar-refractivity contribution is 5.96. The van der Waals surface area contributed by atoms with Gasteiger partial charge in [0, 0.05) is 30.3 Å². The van der Waals surface area contributed by atoms with Crippen molar-refractivity contribution in [2.75, 3.05) is 18.4 Å². The topological polar surface area (TPSA) is 96.3 Å². The van der Waals surface area contributed by atoms with Gasteiger partial charge in [0.25, 0.3) is 11.6 Å². The van der Waals surface area contributed by atoms with Gasteiger partial charge >= 0.3 is 0 Å². The molecular weight excluding hydrogens is 320 g/mol. The normalized spacial score (nSPS) is 20.3. The molecule has 0 unspecified atom stereocenters. The van der Waals surface area contributed by atoms with Gasteiger partial charge in [-0.05, 0) is 44.4 Å². The summed E-state index contributed by atoms with van der Waals surface area (Å²) in [5.74, 6) is -0.255. The minimum absolute atomic E-state index is 0. The molecule has 126 valence electrons. The Balaban J connectivity index is 0.00000192. The van der Waals surface area contributed by atoms with Crippen molar-refractivity contribution in [2.45, 2.75) is 37.8 Å². The first kappa shape index (κ1) is 17.5. The van der Waals surface area contributed by atoms with E-state index in [1.54, 1.807) is 12.1 Å². The number of anilines is 1. The Kier molecular flexibility index (Phi) is 5.79. The van der Waals surface area contributed by atoms with Gasteiger partial charge in [0.1, 0.15) is 5.69 Å². The lowest BCUT2D eigenvalue weighted by atomic mass is 10.1. The van der Waals surface area contributed by atoms with Crippen LogP contribution >= 0.6 is 12.4 Å². The summed E-state index contributed by atoms with van der Waals surface area (Å²) < 4.78 is 0. The lowest BCUT2D eigenvalue weighted by Gasteiger charge is -2.23. The van der Waals surface area contributed by atoms with Crippen molar-refractivity contribution in [1.82, 2.24) is 10.6 Å². The number of carbonyl (C=O) groups is 1. The van der Waals surface area contributed by atoms with Gasteiger partial charge < -0.3 is 16.0 Å². The van der Waals surface area contributed by atoms with Gasteiger partial charge in [-0.15, -0.1) is 12.4 Å². The third kappa shape index (κ3) is 4.56. The maximum Gasteiger partial charge on any atom is 0.293 e. The number of nitrogens with zero attached hydrogens (tertiary/aromatic N) is 1. The number of benzene rings is 1. The number of hydrogen-bond donors (Lipinski definition) is 3. The highest BCUT2D eigenvalue weighted by atomic mass is 35.5. The second-order valence-corrected chi connectivity index (χ2v) is 5.92. The van der Waals surface area contributed by atoms with Crippen LogP contribution in [0.2, 0.25) is 0 Å². The summed E-state index contributed by atoms with van der Waals surface area (Å²) in [5, 5.41) is 20.5. The Hall–Kier alpha value is -1.86. The molecule has 3 N–H and O–H groups in total. The molecule has 0 aromatic heterocycles. The van der Waals surface area contributed by atoms with Gasteiger partial charge in [-0.25, -0.2) is 0 Å². The van der Waals surface area contributed by atoms with Crippen molar-refractivity contribution in [3.05, 3.63) is 33.9 Å². The fourth-order valence-corrected chi connectivity index (χ4v) is 2.64. The second kappa shape index (κ2) is 7.61. The molecule has 3 rings (SSSR count). The van der Waals surface area contributed by atoms with E-state index in [4.69, 9.17) is 0 Å². The molecule has 1 saturated carbocycles. The van der Waals surface area contributed by atoms with E-state index in [1.807, 2.05) is 0 Å². The maximum absolute atomic E-state index is 12.3. The molecular formula is C15H21ClN4O3. The van der Waals surface area contributed by atoms with E-state index in [1.165, 1.54) is 6.07 Å². The zero-order chi connectivity index (χ0) is 15.5. The molecule has 1 saturated heterocycles. The van der Waals surface area contributed by atoms with E-state index in [0.717, 1.165) is 38.8 Å². The Bertz CT molecular complexity index is 586. The monoisotopic (exact) mass is 340 g/mol. The molecule has 2 fully saturated rings. The highest BCUT2D eigenvalue weighted by Gasteiger charge is 2.26. The lowest BCUT2D eigenvalue weighted by Crippen LogP contribution is -2.45. The highest BCUT2D eigenvalue weighted by Crippen LogP contribution is 2.31. The number of nitro groups is 1. The number of carbonyl (C=O) groups excluding carboxylic acids is 1. The van der Waals surface area contributed by atoms with Crippen LogP contribution in [0.4, 0.5) is 11.4 Å². The second-order valence-electron chi connectivity index (χ2n) is 5.92. The Labute approximate surface area is 140 Å². The van der Waals surface area contributed by atoms with Crippen molar-refractivity contribution >= 4 is 29.7 Å². The van der Waals surface area contributed by atoms with Gasteiger partial charge in [0.15, 0.2) is 0 Å². The third-order valence-electron chi connectivity index (χ3n) is 4.03. The quantitative estimate of drug-likeness (QED) is 0.563. The van der Waals surface area contributed by atoms with Gasteiger partial charge in [-0.3, -0.25) is 14.9 Å². The molecule has 23 heavy (non-hydrogen) atoms. The summed E-state index contributed by atoms with van der Waals surface area (Å²) >= 11 is 0. The molecule has 0 bridgehead atoms. The Morgan fingerprint density at radius 3 is 2.65 bits per heavy atom. The standard InChI is InChI=1S/C15H20N4O3.ClH/c20-15(18-12-2-1-7-16-9-12)10-3-6-13(17-11-4-5-11)14(8-10)19(21)22;/h3,6,8,11-12,16-17H,1-2,4-5,7,9H2,(H,18,20);1H/t12-;/m0./s1. The van der Waals surface area contributed by atoms with Crippen LogP contribution in [0.1, 0.15) is 36.0 Å². The Morgan fingerprint density at radius 1 is 1.26 bits per heavy atom. The lowest BCUT2D eigenvalue weighted by molar-refractivity contribution is -0.384. The van der Waals surface area contributed by atoms with Crippen molar-refractivity contribution in [3.63, 3.8) is 0 Å². The summed E-state index contributed by atoms with van der Waals surface area (Å²) in [6.07, 6.45) is 4.03.